The highest BCUT2D eigenvalue weighted by molar-refractivity contribution is 7.89. The van der Waals surface area contributed by atoms with E-state index in [9.17, 15) is 13.5 Å². The molecular weight excluding hydrogens is 262 g/mol. The molecule has 1 heterocycles. The maximum Gasteiger partial charge on any atom is 0.244 e. The SMILES string of the molecule is CN1C(c2cccc(O)c2)c2ccccc2S1(=O)=O. The van der Waals surface area contributed by atoms with Crippen LogP contribution in [0.5, 0.6) is 5.75 Å². The number of hydrogen-bond donors (Lipinski definition) is 1. The van der Waals surface area contributed by atoms with Crippen molar-refractivity contribution >= 4 is 10.0 Å². The van der Waals surface area contributed by atoms with Crippen LogP contribution in [0, 0.1) is 0 Å². The average molecular weight is 275 g/mol. The van der Waals surface area contributed by atoms with Crippen molar-refractivity contribution in [1.82, 2.24) is 4.31 Å². The first-order chi connectivity index (χ1) is 9.01. The van der Waals surface area contributed by atoms with Crippen LogP contribution in [0.1, 0.15) is 17.2 Å². The van der Waals surface area contributed by atoms with Crippen LogP contribution in [0.2, 0.25) is 0 Å². The molecule has 2 aromatic carbocycles. The number of nitrogens with zero attached hydrogens (tertiary/aromatic N) is 1. The number of phenolic OH excluding ortho intramolecular Hbond substituents is 1. The number of aromatic hydroxyl groups is 1. The van der Waals surface area contributed by atoms with Gasteiger partial charge in [-0.05, 0) is 29.3 Å². The van der Waals surface area contributed by atoms with Crippen LogP contribution in [0.3, 0.4) is 0 Å². The van der Waals surface area contributed by atoms with Gasteiger partial charge < -0.3 is 5.11 Å². The second kappa shape index (κ2) is 4.08. The summed E-state index contributed by atoms with van der Waals surface area (Å²) < 4.78 is 26.0. The van der Waals surface area contributed by atoms with Crippen molar-refractivity contribution in [1.29, 1.82) is 0 Å². The van der Waals surface area contributed by atoms with Crippen molar-refractivity contribution < 1.29 is 13.5 Å². The zero-order valence-electron chi connectivity index (χ0n) is 10.3. The third-order valence-corrected chi connectivity index (χ3v) is 5.32. The van der Waals surface area contributed by atoms with E-state index < -0.39 is 10.0 Å². The Labute approximate surface area is 112 Å². The van der Waals surface area contributed by atoms with Crippen LogP contribution in [0.25, 0.3) is 0 Å². The first-order valence-electron chi connectivity index (χ1n) is 5.88. The summed E-state index contributed by atoms with van der Waals surface area (Å²) in [6.45, 7) is 0. The molecule has 4 nitrogen and oxygen atoms in total. The molecule has 1 N–H and O–H groups in total. The summed E-state index contributed by atoms with van der Waals surface area (Å²) in [7, 11) is -1.88. The molecule has 0 aromatic heterocycles. The minimum Gasteiger partial charge on any atom is -0.508 e. The predicted octanol–water partition coefficient (Wildman–Crippen LogP) is 2.12. The first-order valence-corrected chi connectivity index (χ1v) is 7.32. The molecule has 98 valence electrons. The van der Waals surface area contributed by atoms with E-state index in [2.05, 4.69) is 0 Å². The molecule has 0 bridgehead atoms. The quantitative estimate of drug-likeness (QED) is 0.867. The summed E-state index contributed by atoms with van der Waals surface area (Å²) in [6, 6.07) is 13.3. The highest BCUT2D eigenvalue weighted by Gasteiger charge is 2.40. The largest absolute Gasteiger partial charge is 0.508 e. The fourth-order valence-electron chi connectivity index (χ4n) is 2.52. The molecule has 3 rings (SSSR count). The van der Waals surface area contributed by atoms with E-state index in [-0.39, 0.29) is 11.8 Å². The van der Waals surface area contributed by atoms with E-state index in [4.69, 9.17) is 0 Å². The van der Waals surface area contributed by atoms with Crippen molar-refractivity contribution in [3.63, 3.8) is 0 Å². The summed E-state index contributed by atoms with van der Waals surface area (Å²) in [6.07, 6.45) is 0. The lowest BCUT2D eigenvalue weighted by Gasteiger charge is -2.19. The van der Waals surface area contributed by atoms with E-state index in [1.807, 2.05) is 18.2 Å². The number of fused-ring (bicyclic) bond motifs is 1. The molecule has 0 fully saturated rings. The first kappa shape index (κ1) is 12.2. The van der Waals surface area contributed by atoms with Gasteiger partial charge in [0, 0.05) is 7.05 Å². The topological polar surface area (TPSA) is 57.6 Å². The molecule has 0 saturated heterocycles. The zero-order valence-corrected chi connectivity index (χ0v) is 11.1. The van der Waals surface area contributed by atoms with Gasteiger partial charge in [-0.1, -0.05) is 30.3 Å². The van der Waals surface area contributed by atoms with Gasteiger partial charge in [0.05, 0.1) is 10.9 Å². The van der Waals surface area contributed by atoms with E-state index in [1.54, 1.807) is 37.4 Å². The lowest BCUT2D eigenvalue weighted by atomic mass is 9.99. The fraction of sp³-hybridized carbons (Fsp3) is 0.143. The molecule has 1 unspecified atom stereocenters. The Morgan fingerprint density at radius 1 is 1.11 bits per heavy atom. The van der Waals surface area contributed by atoms with Crippen molar-refractivity contribution in [2.45, 2.75) is 10.9 Å². The van der Waals surface area contributed by atoms with Crippen LogP contribution >= 0.6 is 0 Å². The molecule has 0 spiro atoms. The van der Waals surface area contributed by atoms with Gasteiger partial charge in [0.25, 0.3) is 0 Å². The van der Waals surface area contributed by atoms with Gasteiger partial charge in [0.1, 0.15) is 5.75 Å². The number of phenols is 1. The Balaban J connectivity index is 2.24. The van der Waals surface area contributed by atoms with Gasteiger partial charge in [-0.3, -0.25) is 0 Å². The third kappa shape index (κ3) is 1.74. The molecule has 0 aliphatic carbocycles. The van der Waals surface area contributed by atoms with Gasteiger partial charge >= 0.3 is 0 Å². The second-order valence-electron chi connectivity index (χ2n) is 4.56. The lowest BCUT2D eigenvalue weighted by molar-refractivity contribution is 0.435. The summed E-state index contributed by atoms with van der Waals surface area (Å²) in [5, 5.41) is 9.57. The number of sulfonamides is 1. The van der Waals surface area contributed by atoms with E-state index in [0.717, 1.165) is 11.1 Å². The monoisotopic (exact) mass is 275 g/mol. The minimum absolute atomic E-state index is 0.132. The van der Waals surface area contributed by atoms with Gasteiger partial charge in [0.15, 0.2) is 0 Å². The smallest absolute Gasteiger partial charge is 0.244 e. The molecule has 19 heavy (non-hydrogen) atoms. The fourth-order valence-corrected chi connectivity index (χ4v) is 4.07. The van der Waals surface area contributed by atoms with Gasteiger partial charge in [-0.2, -0.15) is 4.31 Å². The Hall–Kier alpha value is -1.85. The standard InChI is InChI=1S/C14H13NO3S/c1-15-14(10-5-4-6-11(16)9-10)12-7-2-3-8-13(12)19(15,17)18/h2-9,14,16H,1H3. The highest BCUT2D eigenvalue weighted by atomic mass is 32.2. The maximum absolute atomic E-state index is 12.3. The molecular formula is C14H13NO3S. The Bertz CT molecular complexity index is 740. The number of rotatable bonds is 1. The molecule has 1 aliphatic rings. The summed E-state index contributed by atoms with van der Waals surface area (Å²) in [5.74, 6) is 0.132. The van der Waals surface area contributed by atoms with Gasteiger partial charge in [0.2, 0.25) is 10.0 Å². The Morgan fingerprint density at radius 3 is 2.58 bits per heavy atom. The minimum atomic E-state index is -3.44. The van der Waals surface area contributed by atoms with Crippen LogP contribution in [0.4, 0.5) is 0 Å². The second-order valence-corrected chi connectivity index (χ2v) is 6.52. The average Bonchev–Trinajstić information content (AvgIpc) is 2.58. The van der Waals surface area contributed by atoms with E-state index in [1.165, 1.54) is 4.31 Å². The third-order valence-electron chi connectivity index (χ3n) is 3.42. The van der Waals surface area contributed by atoms with Crippen molar-refractivity contribution in [2.75, 3.05) is 7.05 Å². The summed E-state index contributed by atoms with van der Waals surface area (Å²) in [4.78, 5) is 0.339. The molecule has 1 atom stereocenters. The zero-order chi connectivity index (χ0) is 13.6. The lowest BCUT2D eigenvalue weighted by Crippen LogP contribution is -2.24. The van der Waals surface area contributed by atoms with Crippen LogP contribution in [-0.4, -0.2) is 24.9 Å². The Morgan fingerprint density at radius 2 is 1.84 bits per heavy atom. The summed E-state index contributed by atoms with van der Waals surface area (Å²) >= 11 is 0. The molecule has 0 radical (unpaired) electrons. The van der Waals surface area contributed by atoms with Crippen molar-refractivity contribution in [3.8, 4) is 5.75 Å². The molecule has 5 heteroatoms. The van der Waals surface area contributed by atoms with E-state index >= 15 is 0 Å². The number of hydrogen-bond acceptors (Lipinski definition) is 3. The van der Waals surface area contributed by atoms with Crippen molar-refractivity contribution in [2.24, 2.45) is 0 Å². The maximum atomic E-state index is 12.3. The van der Waals surface area contributed by atoms with Crippen molar-refractivity contribution in [3.05, 3.63) is 59.7 Å². The predicted molar refractivity (Wildman–Crippen MR) is 71.3 cm³/mol. The van der Waals surface area contributed by atoms with Crippen LogP contribution < -0.4 is 0 Å². The highest BCUT2D eigenvalue weighted by Crippen LogP contribution is 2.42. The van der Waals surface area contributed by atoms with E-state index in [0.29, 0.717) is 4.90 Å². The number of benzene rings is 2. The molecule has 0 amide bonds. The van der Waals surface area contributed by atoms with Gasteiger partial charge in [-0.15, -0.1) is 0 Å². The van der Waals surface area contributed by atoms with Gasteiger partial charge in [-0.25, -0.2) is 8.42 Å². The normalized spacial score (nSPS) is 21.2. The molecule has 1 aliphatic heterocycles. The Kier molecular flexibility index (Phi) is 2.62. The summed E-state index contributed by atoms with van der Waals surface area (Å²) in [5.41, 5.74) is 1.51. The van der Waals surface area contributed by atoms with Crippen LogP contribution in [-0.2, 0) is 10.0 Å². The molecule has 0 saturated carbocycles. The molecule has 2 aromatic rings. The van der Waals surface area contributed by atoms with Crippen LogP contribution in [0.15, 0.2) is 53.4 Å².